The van der Waals surface area contributed by atoms with Gasteiger partial charge in [-0.25, -0.2) is 14.4 Å². The molecular formula is C11H11FN4O. The van der Waals surface area contributed by atoms with E-state index in [0.717, 1.165) is 6.20 Å². The lowest BCUT2D eigenvalue weighted by Crippen LogP contribution is -2.01. The summed E-state index contributed by atoms with van der Waals surface area (Å²) in [4.78, 5) is 11.9. The van der Waals surface area contributed by atoms with Crippen molar-refractivity contribution in [2.45, 2.75) is 0 Å². The van der Waals surface area contributed by atoms with Crippen molar-refractivity contribution in [3.63, 3.8) is 0 Å². The highest BCUT2D eigenvalue weighted by atomic mass is 19.1. The van der Waals surface area contributed by atoms with Crippen LogP contribution in [0.3, 0.4) is 0 Å². The van der Waals surface area contributed by atoms with Gasteiger partial charge in [0, 0.05) is 13.2 Å². The van der Waals surface area contributed by atoms with Crippen LogP contribution < -0.4 is 10.1 Å². The number of aromatic nitrogens is 3. The van der Waals surface area contributed by atoms with Crippen LogP contribution in [0, 0.1) is 5.82 Å². The van der Waals surface area contributed by atoms with Crippen LogP contribution >= 0.6 is 0 Å². The van der Waals surface area contributed by atoms with E-state index in [9.17, 15) is 4.39 Å². The fourth-order valence-corrected chi connectivity index (χ4v) is 1.39. The Morgan fingerprint density at radius 1 is 1.29 bits per heavy atom. The molecule has 0 aliphatic carbocycles. The predicted molar refractivity (Wildman–Crippen MR) is 61.3 cm³/mol. The molecule has 0 spiro atoms. The molecule has 0 atom stereocenters. The zero-order valence-corrected chi connectivity index (χ0v) is 9.44. The largest absolute Gasteiger partial charge is 0.494 e. The third kappa shape index (κ3) is 2.15. The molecule has 0 amide bonds. The van der Waals surface area contributed by atoms with Gasteiger partial charge in [0.25, 0.3) is 0 Å². The molecule has 0 saturated heterocycles. The van der Waals surface area contributed by atoms with Crippen molar-refractivity contribution < 1.29 is 9.13 Å². The van der Waals surface area contributed by atoms with Crippen molar-refractivity contribution in [3.05, 3.63) is 30.3 Å². The van der Waals surface area contributed by atoms with Crippen LogP contribution in [0.5, 0.6) is 5.75 Å². The van der Waals surface area contributed by atoms with Gasteiger partial charge in [0.1, 0.15) is 17.1 Å². The van der Waals surface area contributed by atoms with Crippen molar-refractivity contribution >= 4 is 5.95 Å². The zero-order valence-electron chi connectivity index (χ0n) is 9.44. The summed E-state index contributed by atoms with van der Waals surface area (Å²) in [7, 11) is 3.16. The highest BCUT2D eigenvalue weighted by Gasteiger charge is 2.14. The van der Waals surface area contributed by atoms with E-state index in [1.54, 1.807) is 25.4 Å². The molecule has 2 aromatic heterocycles. The van der Waals surface area contributed by atoms with E-state index in [2.05, 4.69) is 20.3 Å². The Morgan fingerprint density at radius 3 is 2.82 bits per heavy atom. The summed E-state index contributed by atoms with van der Waals surface area (Å²) in [6.45, 7) is 0. The van der Waals surface area contributed by atoms with Crippen LogP contribution in [0.1, 0.15) is 0 Å². The van der Waals surface area contributed by atoms with Gasteiger partial charge in [-0.2, -0.15) is 0 Å². The maximum absolute atomic E-state index is 13.7. The normalized spacial score (nSPS) is 10.1. The number of methoxy groups -OCH3 is 1. The third-order valence-corrected chi connectivity index (χ3v) is 2.18. The second-order valence-electron chi connectivity index (χ2n) is 3.19. The quantitative estimate of drug-likeness (QED) is 0.876. The molecule has 0 aliphatic rings. The van der Waals surface area contributed by atoms with Gasteiger partial charge in [-0.3, -0.25) is 4.98 Å². The Hall–Kier alpha value is -2.24. The number of hydrogen-bond donors (Lipinski definition) is 1. The molecule has 6 heteroatoms. The number of rotatable bonds is 3. The van der Waals surface area contributed by atoms with Crippen molar-refractivity contribution in [2.24, 2.45) is 0 Å². The smallest absolute Gasteiger partial charge is 0.223 e. The minimum atomic E-state index is -0.541. The van der Waals surface area contributed by atoms with E-state index >= 15 is 0 Å². The number of halogens is 1. The van der Waals surface area contributed by atoms with E-state index in [1.165, 1.54) is 7.11 Å². The van der Waals surface area contributed by atoms with E-state index < -0.39 is 5.82 Å². The van der Waals surface area contributed by atoms with Gasteiger partial charge in [0.05, 0.1) is 13.3 Å². The Kier molecular flexibility index (Phi) is 3.13. The van der Waals surface area contributed by atoms with Gasteiger partial charge in [0.15, 0.2) is 5.82 Å². The van der Waals surface area contributed by atoms with Crippen LogP contribution in [0.15, 0.2) is 24.5 Å². The zero-order chi connectivity index (χ0) is 12.3. The number of hydrogen-bond acceptors (Lipinski definition) is 5. The molecule has 17 heavy (non-hydrogen) atoms. The number of nitrogens with zero attached hydrogens (tertiary/aromatic N) is 3. The topological polar surface area (TPSA) is 59.9 Å². The highest BCUT2D eigenvalue weighted by Crippen LogP contribution is 2.27. The molecule has 88 valence electrons. The van der Waals surface area contributed by atoms with Gasteiger partial charge in [-0.1, -0.05) is 0 Å². The van der Waals surface area contributed by atoms with Gasteiger partial charge in [-0.05, 0) is 12.1 Å². The molecule has 2 heterocycles. The molecule has 2 rings (SSSR count). The molecule has 2 aromatic rings. The van der Waals surface area contributed by atoms with E-state index in [0.29, 0.717) is 17.4 Å². The third-order valence-electron chi connectivity index (χ3n) is 2.18. The van der Waals surface area contributed by atoms with Gasteiger partial charge >= 0.3 is 0 Å². The fraction of sp³-hybridized carbons (Fsp3) is 0.182. The average molecular weight is 234 g/mol. The maximum atomic E-state index is 13.7. The van der Waals surface area contributed by atoms with Gasteiger partial charge < -0.3 is 10.1 Å². The number of anilines is 1. The number of ether oxygens (including phenoxy) is 1. The van der Waals surface area contributed by atoms with E-state index in [4.69, 9.17) is 4.74 Å². The predicted octanol–water partition coefficient (Wildman–Crippen LogP) is 1.73. The average Bonchev–Trinajstić information content (AvgIpc) is 2.39. The minimum Gasteiger partial charge on any atom is -0.494 e. The van der Waals surface area contributed by atoms with Gasteiger partial charge in [-0.15, -0.1) is 0 Å². The second-order valence-corrected chi connectivity index (χ2v) is 3.19. The Bertz CT molecular complexity index is 533. The fourth-order valence-electron chi connectivity index (χ4n) is 1.39. The molecule has 0 radical (unpaired) electrons. The Morgan fingerprint density at radius 2 is 2.12 bits per heavy atom. The molecule has 0 saturated carbocycles. The van der Waals surface area contributed by atoms with Crippen LogP contribution in [0.2, 0.25) is 0 Å². The summed E-state index contributed by atoms with van der Waals surface area (Å²) in [5, 5.41) is 2.74. The second kappa shape index (κ2) is 4.73. The van der Waals surface area contributed by atoms with Crippen molar-refractivity contribution in [1.29, 1.82) is 0 Å². The first kappa shape index (κ1) is 11.3. The van der Waals surface area contributed by atoms with Crippen LogP contribution in [-0.2, 0) is 0 Å². The lowest BCUT2D eigenvalue weighted by molar-refractivity contribution is 0.414. The monoisotopic (exact) mass is 234 g/mol. The molecule has 1 N–H and O–H groups in total. The molecule has 0 fully saturated rings. The van der Waals surface area contributed by atoms with E-state index in [1.807, 2.05) is 0 Å². The summed E-state index contributed by atoms with van der Waals surface area (Å²) >= 11 is 0. The van der Waals surface area contributed by atoms with E-state index in [-0.39, 0.29) is 5.69 Å². The summed E-state index contributed by atoms with van der Waals surface area (Å²) in [6, 6.07) is 3.41. The van der Waals surface area contributed by atoms with Gasteiger partial charge in [0.2, 0.25) is 5.95 Å². The Labute approximate surface area is 97.7 Å². The first-order chi connectivity index (χ1) is 8.26. The lowest BCUT2D eigenvalue weighted by atomic mass is 10.2. The minimum absolute atomic E-state index is 0.113. The SMILES string of the molecule is CNc1ncc(F)c(-c2ncccc2OC)n1. The first-order valence-electron chi connectivity index (χ1n) is 4.96. The summed E-state index contributed by atoms with van der Waals surface area (Å²) in [6.07, 6.45) is 2.65. The van der Waals surface area contributed by atoms with Crippen LogP contribution in [0.25, 0.3) is 11.4 Å². The van der Waals surface area contributed by atoms with Crippen molar-refractivity contribution in [1.82, 2.24) is 15.0 Å². The summed E-state index contributed by atoms with van der Waals surface area (Å²) in [5.41, 5.74) is 0.466. The van der Waals surface area contributed by atoms with Crippen LogP contribution in [-0.4, -0.2) is 29.1 Å². The lowest BCUT2D eigenvalue weighted by Gasteiger charge is -2.08. The first-order valence-corrected chi connectivity index (χ1v) is 4.96. The van der Waals surface area contributed by atoms with Crippen LogP contribution in [0.4, 0.5) is 10.3 Å². The molecule has 0 aliphatic heterocycles. The molecule has 0 bridgehead atoms. The molecule has 0 aromatic carbocycles. The highest BCUT2D eigenvalue weighted by molar-refractivity contribution is 5.63. The Balaban J connectivity index is 2.59. The summed E-state index contributed by atoms with van der Waals surface area (Å²) in [5.74, 6) is 0.252. The molecule has 0 unspecified atom stereocenters. The van der Waals surface area contributed by atoms with Crippen molar-refractivity contribution in [3.8, 4) is 17.1 Å². The summed E-state index contributed by atoms with van der Waals surface area (Å²) < 4.78 is 18.8. The number of pyridine rings is 1. The van der Waals surface area contributed by atoms with Crippen molar-refractivity contribution in [2.75, 3.05) is 19.5 Å². The molecule has 5 nitrogen and oxygen atoms in total. The number of nitrogens with one attached hydrogen (secondary N) is 1. The standard InChI is InChI=1S/C11H11FN4O/c1-13-11-15-6-7(12)9(16-11)10-8(17-2)4-3-5-14-10/h3-6H,1-2H3,(H,13,15,16). The maximum Gasteiger partial charge on any atom is 0.223 e. The molecular weight excluding hydrogens is 223 g/mol.